The minimum Gasteiger partial charge on any atom is 1.00 e. The minimum atomic E-state index is -3.29. The first-order chi connectivity index (χ1) is 34.8. The number of halogens is 6. The van der Waals surface area contributed by atoms with Gasteiger partial charge in [0.1, 0.15) is 0 Å². The molecule has 2 aromatic rings. The molecule has 2 fully saturated rings. The van der Waals surface area contributed by atoms with Gasteiger partial charge < -0.3 is 14.9 Å². The molecule has 80 heavy (non-hydrogen) atoms. The molecule has 0 saturated heterocycles. The largest absolute Gasteiger partial charge is 1.00 e. The first kappa shape index (κ1) is 82.3. The number of allylic oxidation sites excluding steroid dienone is 10. The molecule has 12 heteroatoms. The zero-order valence-corrected chi connectivity index (χ0v) is 68.8. The molecule has 0 N–H and O–H groups in total. The Labute approximate surface area is 559 Å². The summed E-state index contributed by atoms with van der Waals surface area (Å²) in [5.41, 5.74) is 38.0. The number of hydrogen-bond acceptors (Lipinski definition) is 0. The molecule has 0 bridgehead atoms. The van der Waals surface area contributed by atoms with Gasteiger partial charge in [-0.2, -0.15) is 0 Å². The van der Waals surface area contributed by atoms with E-state index in [1.165, 1.54) is 33.4 Å². The van der Waals surface area contributed by atoms with Gasteiger partial charge in [-0.15, -0.1) is 0 Å². The van der Waals surface area contributed by atoms with Crippen LogP contribution < -0.4 is 37.7 Å². The van der Waals surface area contributed by atoms with E-state index in [0.717, 1.165) is 70.3 Å². The second kappa shape index (κ2) is 31.3. The Morgan fingerprint density at radius 3 is 1.01 bits per heavy atom. The van der Waals surface area contributed by atoms with Crippen LogP contribution in [0.15, 0.2) is 44.6 Å². The van der Waals surface area contributed by atoms with Gasteiger partial charge in [0.05, 0.1) is 16.1 Å². The molecule has 0 heterocycles. The fraction of sp³-hybridized carbons (Fsp3) is 0.647. The number of benzene rings is 2. The van der Waals surface area contributed by atoms with Crippen molar-refractivity contribution in [2.45, 2.75) is 228 Å². The molecule has 440 valence electrons. The van der Waals surface area contributed by atoms with E-state index in [-0.39, 0.29) is 52.6 Å². The predicted molar refractivity (Wildman–Crippen MR) is 359 cm³/mol. The van der Waals surface area contributed by atoms with E-state index in [2.05, 4.69) is 192 Å². The molecule has 0 amide bonds. The molecule has 14 atom stereocenters. The van der Waals surface area contributed by atoms with Gasteiger partial charge in [0.15, 0.2) is 0 Å². The maximum atomic E-state index is 5.04. The molecule has 0 spiro atoms. The van der Waals surface area contributed by atoms with E-state index >= 15 is 0 Å². The third-order valence-electron chi connectivity index (χ3n) is 23.5. The first-order valence-corrected chi connectivity index (χ1v) is 54.4. The van der Waals surface area contributed by atoms with Crippen molar-refractivity contribution in [3.63, 3.8) is 0 Å². The van der Waals surface area contributed by atoms with E-state index in [9.17, 15) is 0 Å². The van der Waals surface area contributed by atoms with Crippen LogP contribution in [0.5, 0.6) is 0 Å². The number of rotatable bonds is 4. The average Bonchev–Trinajstić information content (AvgIpc) is 3.99. The minimum absolute atomic E-state index is 0. The molecule has 0 radical (unpaired) electrons. The zero-order valence-electron chi connectivity index (χ0n) is 57.4. The predicted octanol–water partition coefficient (Wildman–Crippen LogP) is 19.3. The van der Waals surface area contributed by atoms with Gasteiger partial charge in [-0.1, -0.05) is 115 Å². The average molecular weight is 1390 g/mol. The van der Waals surface area contributed by atoms with Gasteiger partial charge in [0.2, 0.25) is 0 Å². The third kappa shape index (κ3) is 14.5. The second-order valence-corrected chi connectivity index (χ2v) is 62.4. The topological polar surface area (TPSA) is 0 Å². The molecule has 6 aliphatic carbocycles. The van der Waals surface area contributed by atoms with Gasteiger partial charge in [-0.05, 0) is 284 Å². The van der Waals surface area contributed by atoms with Crippen molar-refractivity contribution in [1.29, 1.82) is 0 Å². The molecular weight excluding hydrogens is 1280 g/mol. The van der Waals surface area contributed by atoms with Crippen LogP contribution in [0.2, 0.25) is 37.3 Å². The Kier molecular flexibility index (Phi) is 32.2. The van der Waals surface area contributed by atoms with Crippen LogP contribution in [-0.2, 0) is 36.3 Å². The summed E-state index contributed by atoms with van der Waals surface area (Å²) in [6.45, 7) is 74.0. The molecular formula is C68H110Cl6Li2Si2Zr2+2. The fourth-order valence-electron chi connectivity index (χ4n) is 18.3. The van der Waals surface area contributed by atoms with E-state index in [1.807, 2.05) is 13.8 Å². The Morgan fingerprint density at radius 1 is 0.362 bits per heavy atom. The van der Waals surface area contributed by atoms with Crippen molar-refractivity contribution in [2.24, 2.45) is 59.2 Å². The van der Waals surface area contributed by atoms with Gasteiger partial charge in [-0.25, -0.2) is 0 Å². The number of hydrogen-bond donors (Lipinski definition) is 0. The van der Waals surface area contributed by atoms with Crippen molar-refractivity contribution in [3.05, 3.63) is 126 Å². The van der Waals surface area contributed by atoms with Crippen LogP contribution >= 0.6 is 51.1 Å². The van der Waals surface area contributed by atoms with E-state index in [0.29, 0.717) is 11.1 Å². The van der Waals surface area contributed by atoms with Crippen LogP contribution in [0.1, 0.15) is 202 Å². The monoisotopic (exact) mass is 1390 g/mol. The van der Waals surface area contributed by atoms with Crippen molar-refractivity contribution >= 4 is 78.4 Å². The smallest absolute Gasteiger partial charge is 1.00 e. The maximum absolute atomic E-state index is 5.04. The van der Waals surface area contributed by atoms with E-state index in [1.54, 1.807) is 89.1 Å². The Bertz CT molecular complexity index is 2620. The van der Waals surface area contributed by atoms with Crippen LogP contribution in [0.25, 0.3) is 11.1 Å². The SMILES string of the molecule is CC.CC1=C(C)C([Si](C)(C)C2C(C)=C(C)c3c(C)c(C)c(C)c(C)c32)c2c(C)c(C)c(C)c(C)c21.CC1=C(C)C2C(C)C(C)C([Si](C)(C)C3C(C)C(C)C4C(C)=C(C)[C@@H](C)C(C)C43)C2C(C)=C1C.[CH3-].[CH3-].[Cl][Zr+2][Cl].[Cl][Zr]([Cl])([Cl])[Cl].[Li+].[Li+]. The maximum Gasteiger partial charge on any atom is 1.00 e. The van der Waals surface area contributed by atoms with Crippen molar-refractivity contribution in [2.75, 3.05) is 0 Å². The molecule has 0 aromatic heterocycles. The summed E-state index contributed by atoms with van der Waals surface area (Å²) in [7, 11) is 26.6. The standard InChI is InChI=1S/C32H54Si.C32H44Si.C2H6.2CH3.6ClH.2Li.2Zr/c2*1-15-17(3)21(7)29-27(19(15)5)23(9)25(11)31(29)33(13,14)32-26(12)24(10)28-20(6)16(2)18(4)22(8)30(28)32;1-2;;;;;;;;;;;;/h17,21,23-32H,1-14H3;31-32H,1-14H3;1-2H3;2*1H3;6*1H;;;;/q;;;2*-1;;;;;;;2*+1;2*+4/p-6/t17-,21?,23?,24?,25?,26?,27?,28?,29?,30?,31?,32?;;;;;;;;;;;;;;/m1............../s1. The fourth-order valence-corrected chi connectivity index (χ4v) is 30.1. The van der Waals surface area contributed by atoms with Gasteiger partial charge in [-0.3, -0.25) is 0 Å². The molecule has 8 rings (SSSR count). The Morgan fingerprint density at radius 2 is 0.662 bits per heavy atom. The first-order valence-electron chi connectivity index (χ1n) is 29.1. The van der Waals surface area contributed by atoms with Crippen molar-refractivity contribution in [1.82, 2.24) is 0 Å². The summed E-state index contributed by atoms with van der Waals surface area (Å²) in [6.07, 6.45) is 0. The van der Waals surface area contributed by atoms with E-state index < -0.39 is 52.5 Å². The molecule has 13 unspecified atom stereocenters. The zero-order chi connectivity index (χ0) is 59.0. The van der Waals surface area contributed by atoms with Crippen molar-refractivity contribution < 1.29 is 74.1 Å². The summed E-state index contributed by atoms with van der Waals surface area (Å²) >= 11 is -4.12. The Hall–Kier alpha value is 2.27. The van der Waals surface area contributed by atoms with Gasteiger partial charge >= 0.3 is 125 Å². The summed E-state index contributed by atoms with van der Waals surface area (Å²) in [5, 5.41) is 0. The summed E-state index contributed by atoms with van der Waals surface area (Å²) in [5.74, 6) is 8.17. The molecule has 2 aromatic carbocycles. The van der Waals surface area contributed by atoms with E-state index in [4.69, 9.17) is 51.1 Å². The Balaban J connectivity index is 0.00000128. The summed E-state index contributed by atoms with van der Waals surface area (Å²) < 4.78 is 0. The summed E-state index contributed by atoms with van der Waals surface area (Å²) in [4.78, 5) is 0. The molecule has 6 aliphatic rings. The van der Waals surface area contributed by atoms with Gasteiger partial charge in [0.25, 0.3) is 0 Å². The van der Waals surface area contributed by atoms with Crippen LogP contribution in [0, 0.1) is 129 Å². The second-order valence-electron chi connectivity index (χ2n) is 26.5. The number of fused-ring (bicyclic) bond motifs is 4. The summed E-state index contributed by atoms with van der Waals surface area (Å²) in [6, 6.07) is 0. The van der Waals surface area contributed by atoms with Crippen LogP contribution in [0.4, 0.5) is 0 Å². The molecule has 0 nitrogen and oxygen atoms in total. The molecule has 2 saturated carbocycles. The quantitative estimate of drug-likeness (QED) is 0.163. The molecule has 0 aliphatic heterocycles. The van der Waals surface area contributed by atoms with Crippen molar-refractivity contribution in [3.8, 4) is 0 Å². The third-order valence-corrected chi connectivity index (χ3v) is 33.2. The van der Waals surface area contributed by atoms with Gasteiger partial charge in [0, 0.05) is 11.1 Å². The normalized spacial score (nSPS) is 29.3. The van der Waals surface area contributed by atoms with Crippen LogP contribution in [0.3, 0.4) is 0 Å². The van der Waals surface area contributed by atoms with Crippen LogP contribution in [-0.4, -0.2) is 16.1 Å².